The highest BCUT2D eigenvalue weighted by Crippen LogP contribution is 2.30. The fourth-order valence-corrected chi connectivity index (χ4v) is 2.86. The van der Waals surface area contributed by atoms with E-state index in [1.54, 1.807) is 0 Å². The van der Waals surface area contributed by atoms with E-state index in [9.17, 15) is 14.7 Å². The van der Waals surface area contributed by atoms with Crippen LogP contribution in [0.1, 0.15) is 19.1 Å². The zero-order chi connectivity index (χ0) is 17.8. The Morgan fingerprint density at radius 1 is 1.40 bits per heavy atom. The number of oxime groups is 1. The Morgan fingerprint density at radius 2 is 2.16 bits per heavy atom. The number of nitrogens with one attached hydrogen (secondary N) is 1. The van der Waals surface area contributed by atoms with Crippen LogP contribution in [0, 0.1) is 0 Å². The number of H-pyrrole nitrogens is 1. The number of aromatic nitrogens is 2. The third kappa shape index (κ3) is 3.98. The number of aromatic amines is 1. The normalized spacial score (nSPS) is 29.6. The molecule has 0 aliphatic carbocycles. The molecule has 2 N–H and O–H groups in total. The van der Waals surface area contributed by atoms with Crippen LogP contribution in [-0.2, 0) is 19.0 Å². The quantitative estimate of drug-likeness (QED) is 0.649. The average molecular weight is 355 g/mol. The minimum Gasteiger partial charge on any atom is -0.393 e. The zero-order valence-electron chi connectivity index (χ0n) is 13.8. The molecule has 2 fully saturated rings. The number of aliphatic hydroxyl groups excluding tert-OH is 1. The lowest BCUT2D eigenvalue weighted by Crippen LogP contribution is -2.38. The second kappa shape index (κ2) is 7.91. The first-order chi connectivity index (χ1) is 12.1. The minimum atomic E-state index is -1.01. The molecule has 25 heavy (non-hydrogen) atoms. The number of methoxy groups -OCH3 is 1. The standard InChI is InChI=1S/C15H21N3O7/c1-22-13-12(20)10(8-24-17-9-3-6-23-7-4-9)25-14(13)18-5-2-11(19)16-15(18)21/h2,5,10,12-14,20H,3-4,6-8H2,1H3,(H,16,19,21)/t10-,12?,13+,14-/m1/s1. The molecule has 10 heteroatoms. The Balaban J connectivity index is 1.68. The van der Waals surface area contributed by atoms with Gasteiger partial charge in [-0.15, -0.1) is 0 Å². The number of rotatable bonds is 5. The van der Waals surface area contributed by atoms with Crippen molar-refractivity contribution < 1.29 is 24.2 Å². The average Bonchev–Trinajstić information content (AvgIpc) is 2.91. The van der Waals surface area contributed by atoms with Gasteiger partial charge < -0.3 is 24.2 Å². The summed E-state index contributed by atoms with van der Waals surface area (Å²) in [5.41, 5.74) is -0.257. The van der Waals surface area contributed by atoms with Gasteiger partial charge in [-0.3, -0.25) is 14.3 Å². The fourth-order valence-electron chi connectivity index (χ4n) is 2.86. The van der Waals surface area contributed by atoms with Crippen LogP contribution in [0.3, 0.4) is 0 Å². The molecule has 1 aromatic heterocycles. The van der Waals surface area contributed by atoms with Crippen molar-refractivity contribution in [2.24, 2.45) is 5.16 Å². The van der Waals surface area contributed by atoms with E-state index in [-0.39, 0.29) is 6.61 Å². The summed E-state index contributed by atoms with van der Waals surface area (Å²) in [6, 6.07) is 1.20. The molecule has 0 spiro atoms. The fraction of sp³-hybridized carbons (Fsp3) is 0.667. The van der Waals surface area contributed by atoms with Crippen LogP contribution in [0.25, 0.3) is 0 Å². The van der Waals surface area contributed by atoms with E-state index in [0.717, 1.165) is 5.71 Å². The van der Waals surface area contributed by atoms with Crippen molar-refractivity contribution in [1.82, 2.24) is 9.55 Å². The van der Waals surface area contributed by atoms with Gasteiger partial charge in [0.1, 0.15) is 24.9 Å². The van der Waals surface area contributed by atoms with Gasteiger partial charge in [0, 0.05) is 32.2 Å². The molecule has 1 unspecified atom stereocenters. The number of nitrogens with zero attached hydrogens (tertiary/aromatic N) is 2. The Labute approximate surface area is 143 Å². The van der Waals surface area contributed by atoms with Crippen LogP contribution in [0.15, 0.2) is 27.0 Å². The van der Waals surface area contributed by atoms with Crippen LogP contribution in [0.5, 0.6) is 0 Å². The smallest absolute Gasteiger partial charge is 0.330 e. The maximum atomic E-state index is 11.9. The summed E-state index contributed by atoms with van der Waals surface area (Å²) in [4.78, 5) is 30.6. The Kier molecular flexibility index (Phi) is 5.63. The first-order valence-corrected chi connectivity index (χ1v) is 8.03. The first kappa shape index (κ1) is 17.8. The summed E-state index contributed by atoms with van der Waals surface area (Å²) in [6.45, 7) is 1.25. The minimum absolute atomic E-state index is 0.0139. The van der Waals surface area contributed by atoms with E-state index < -0.39 is 35.8 Å². The van der Waals surface area contributed by atoms with E-state index in [4.69, 9.17) is 19.0 Å². The summed E-state index contributed by atoms with van der Waals surface area (Å²) in [6.07, 6.45) is -0.673. The van der Waals surface area contributed by atoms with Crippen molar-refractivity contribution in [2.75, 3.05) is 26.9 Å². The van der Waals surface area contributed by atoms with Crippen LogP contribution in [0.2, 0.25) is 0 Å². The Bertz CT molecular complexity index is 720. The summed E-state index contributed by atoms with van der Waals surface area (Å²) in [5, 5.41) is 14.4. The maximum absolute atomic E-state index is 11.9. The van der Waals surface area contributed by atoms with Crippen LogP contribution in [0.4, 0.5) is 0 Å². The summed E-state index contributed by atoms with van der Waals surface area (Å²) >= 11 is 0. The molecule has 10 nitrogen and oxygen atoms in total. The summed E-state index contributed by atoms with van der Waals surface area (Å²) in [7, 11) is 1.41. The molecule has 0 radical (unpaired) electrons. The lowest BCUT2D eigenvalue weighted by molar-refractivity contribution is -0.0720. The molecule has 2 saturated heterocycles. The third-order valence-electron chi connectivity index (χ3n) is 4.21. The molecule has 3 heterocycles. The van der Waals surface area contributed by atoms with Gasteiger partial charge in [-0.1, -0.05) is 5.16 Å². The number of hydrogen-bond donors (Lipinski definition) is 2. The predicted molar refractivity (Wildman–Crippen MR) is 85.5 cm³/mol. The van der Waals surface area contributed by atoms with E-state index in [1.807, 2.05) is 0 Å². The van der Waals surface area contributed by atoms with Gasteiger partial charge in [0.15, 0.2) is 6.23 Å². The van der Waals surface area contributed by atoms with Gasteiger partial charge in [0.2, 0.25) is 0 Å². The second-order valence-electron chi connectivity index (χ2n) is 5.84. The number of hydrogen-bond acceptors (Lipinski definition) is 8. The van der Waals surface area contributed by atoms with Gasteiger partial charge in [-0.05, 0) is 0 Å². The van der Waals surface area contributed by atoms with Crippen LogP contribution < -0.4 is 11.2 Å². The largest absolute Gasteiger partial charge is 0.393 e. The summed E-state index contributed by atoms with van der Waals surface area (Å²) < 4.78 is 17.4. The molecule has 138 valence electrons. The number of ether oxygens (including phenoxy) is 3. The van der Waals surface area contributed by atoms with Crippen molar-refractivity contribution in [1.29, 1.82) is 0 Å². The van der Waals surface area contributed by atoms with Gasteiger partial charge in [-0.2, -0.15) is 0 Å². The topological polar surface area (TPSA) is 124 Å². The monoisotopic (exact) mass is 355 g/mol. The highest BCUT2D eigenvalue weighted by molar-refractivity contribution is 5.84. The van der Waals surface area contributed by atoms with E-state index >= 15 is 0 Å². The predicted octanol–water partition coefficient (Wildman–Crippen LogP) is -1.01. The SMILES string of the molecule is CO[C@H]1C(O)[C@@H](CON=C2CCOCC2)O[C@H]1n1ccc(=O)[nH]c1=O. The third-order valence-corrected chi connectivity index (χ3v) is 4.21. The van der Waals surface area contributed by atoms with E-state index in [2.05, 4.69) is 10.1 Å². The molecule has 2 aliphatic rings. The highest BCUT2D eigenvalue weighted by atomic mass is 16.7. The lowest BCUT2D eigenvalue weighted by Gasteiger charge is -2.19. The Hall–Kier alpha value is -2.01. The maximum Gasteiger partial charge on any atom is 0.330 e. The van der Waals surface area contributed by atoms with Crippen molar-refractivity contribution >= 4 is 5.71 Å². The second-order valence-corrected chi connectivity index (χ2v) is 5.84. The zero-order valence-corrected chi connectivity index (χ0v) is 13.8. The van der Waals surface area contributed by atoms with Crippen molar-refractivity contribution in [2.45, 2.75) is 37.4 Å². The van der Waals surface area contributed by atoms with Crippen molar-refractivity contribution in [3.63, 3.8) is 0 Å². The van der Waals surface area contributed by atoms with E-state index in [0.29, 0.717) is 26.1 Å². The molecule has 4 atom stereocenters. The van der Waals surface area contributed by atoms with Gasteiger partial charge in [0.05, 0.1) is 18.9 Å². The Morgan fingerprint density at radius 3 is 2.84 bits per heavy atom. The molecular weight excluding hydrogens is 334 g/mol. The van der Waals surface area contributed by atoms with Gasteiger partial charge in [0.25, 0.3) is 5.56 Å². The van der Waals surface area contributed by atoms with Crippen molar-refractivity contribution in [3.05, 3.63) is 33.1 Å². The molecule has 2 aliphatic heterocycles. The first-order valence-electron chi connectivity index (χ1n) is 8.03. The van der Waals surface area contributed by atoms with Crippen LogP contribution >= 0.6 is 0 Å². The molecule has 1 aromatic rings. The van der Waals surface area contributed by atoms with Gasteiger partial charge in [-0.25, -0.2) is 4.79 Å². The molecule has 0 bridgehead atoms. The molecule has 0 amide bonds. The molecule has 0 aromatic carbocycles. The molecular formula is C15H21N3O7. The van der Waals surface area contributed by atoms with Gasteiger partial charge >= 0.3 is 5.69 Å². The van der Waals surface area contributed by atoms with Crippen LogP contribution in [-0.4, -0.2) is 65.6 Å². The van der Waals surface area contributed by atoms with E-state index in [1.165, 1.54) is 23.9 Å². The van der Waals surface area contributed by atoms with Crippen molar-refractivity contribution in [3.8, 4) is 0 Å². The highest BCUT2D eigenvalue weighted by Gasteiger charge is 2.45. The molecule has 0 saturated carbocycles. The lowest BCUT2D eigenvalue weighted by atomic mass is 10.1. The summed E-state index contributed by atoms with van der Waals surface area (Å²) in [5.74, 6) is 0. The molecule has 3 rings (SSSR count). The number of aliphatic hydroxyl groups is 1.